The lowest BCUT2D eigenvalue weighted by Gasteiger charge is -2.42. The zero-order valence-corrected chi connectivity index (χ0v) is 21.1. The highest BCUT2D eigenvalue weighted by Gasteiger charge is 2.29. The molecule has 0 unspecified atom stereocenters. The molecule has 2 aromatic heterocycles. The Labute approximate surface area is 213 Å². The largest absolute Gasteiger partial charge is 0.477 e. The van der Waals surface area contributed by atoms with E-state index in [0.717, 1.165) is 12.1 Å². The molecule has 4 aromatic rings. The first-order chi connectivity index (χ1) is 17.5. The molecule has 3 heterocycles. The van der Waals surface area contributed by atoms with Crippen LogP contribution in [-0.2, 0) is 12.0 Å². The Morgan fingerprint density at radius 1 is 1.19 bits per heavy atom. The van der Waals surface area contributed by atoms with E-state index in [4.69, 9.17) is 10.7 Å². The molecule has 0 bridgehead atoms. The standard InChI is InChI=1S/C28H30FN5O3/c1-28(2,3)34-15-21(27(36)37)25(35)20-10-17-11-22(29)24(12-23(17)32-26(20)34)33-13-19(14-33)31-18-6-4-16(5-7-18)8-9-30/h4-7,10-12,15,19,31H,8-9,13-14,30H2,1-3H3,(H,36,37). The van der Waals surface area contributed by atoms with Crippen LogP contribution in [0.25, 0.3) is 21.9 Å². The number of hydrogen-bond acceptors (Lipinski definition) is 6. The number of halogens is 1. The molecule has 0 atom stereocenters. The van der Waals surface area contributed by atoms with E-state index < -0.39 is 22.8 Å². The van der Waals surface area contributed by atoms with Crippen LogP contribution in [-0.4, -0.2) is 46.3 Å². The summed E-state index contributed by atoms with van der Waals surface area (Å²) < 4.78 is 16.9. The second-order valence-corrected chi connectivity index (χ2v) is 10.6. The van der Waals surface area contributed by atoms with Gasteiger partial charge in [-0.25, -0.2) is 14.2 Å². The van der Waals surface area contributed by atoms with Gasteiger partial charge in [-0.15, -0.1) is 0 Å². The first-order valence-electron chi connectivity index (χ1n) is 12.3. The summed E-state index contributed by atoms with van der Waals surface area (Å²) in [5.41, 5.74) is 7.67. The second kappa shape index (κ2) is 9.15. The zero-order valence-electron chi connectivity index (χ0n) is 21.1. The minimum absolute atomic E-state index is 0.153. The summed E-state index contributed by atoms with van der Waals surface area (Å²) in [5.74, 6) is -1.72. The molecule has 37 heavy (non-hydrogen) atoms. The van der Waals surface area contributed by atoms with Crippen molar-refractivity contribution in [3.63, 3.8) is 0 Å². The van der Waals surface area contributed by atoms with E-state index in [0.29, 0.717) is 41.9 Å². The van der Waals surface area contributed by atoms with Gasteiger partial charge in [0.25, 0.3) is 0 Å². The van der Waals surface area contributed by atoms with Crippen molar-refractivity contribution in [3.05, 3.63) is 75.8 Å². The molecule has 0 amide bonds. The summed E-state index contributed by atoms with van der Waals surface area (Å²) in [6.07, 6.45) is 2.18. The van der Waals surface area contributed by atoms with E-state index in [1.807, 2.05) is 37.8 Å². The fourth-order valence-corrected chi connectivity index (χ4v) is 4.76. The Morgan fingerprint density at radius 3 is 2.51 bits per heavy atom. The SMILES string of the molecule is CC(C)(C)n1cc(C(=O)O)c(=O)c2cc3cc(F)c(N4CC(Nc5ccc(CCN)cc5)C4)cc3nc21. The van der Waals surface area contributed by atoms with E-state index in [1.165, 1.54) is 23.9 Å². The highest BCUT2D eigenvalue weighted by atomic mass is 19.1. The Balaban J connectivity index is 1.45. The van der Waals surface area contributed by atoms with Crippen LogP contribution >= 0.6 is 0 Å². The number of benzene rings is 2. The molecule has 0 aliphatic carbocycles. The van der Waals surface area contributed by atoms with Gasteiger partial charge in [0.1, 0.15) is 17.0 Å². The van der Waals surface area contributed by atoms with Gasteiger partial charge in [0.05, 0.1) is 22.6 Å². The molecule has 0 radical (unpaired) electrons. The third-order valence-electron chi connectivity index (χ3n) is 6.77. The number of nitrogens with two attached hydrogens (primary N) is 1. The third kappa shape index (κ3) is 4.62. The van der Waals surface area contributed by atoms with E-state index in [9.17, 15) is 14.7 Å². The molecule has 4 N–H and O–H groups in total. The maximum Gasteiger partial charge on any atom is 0.341 e. The van der Waals surface area contributed by atoms with Crippen molar-refractivity contribution in [2.45, 2.75) is 38.8 Å². The second-order valence-electron chi connectivity index (χ2n) is 10.6. The molecule has 8 nitrogen and oxygen atoms in total. The number of nitrogens with zero attached hydrogens (tertiary/aromatic N) is 3. The average Bonchev–Trinajstić information content (AvgIpc) is 2.80. The lowest BCUT2D eigenvalue weighted by atomic mass is 10.0. The summed E-state index contributed by atoms with van der Waals surface area (Å²) in [4.78, 5) is 31.3. The molecular formula is C28H30FN5O3. The van der Waals surface area contributed by atoms with Gasteiger partial charge in [-0.2, -0.15) is 0 Å². The predicted molar refractivity (Wildman–Crippen MR) is 144 cm³/mol. The van der Waals surface area contributed by atoms with Gasteiger partial charge in [0.15, 0.2) is 0 Å². The van der Waals surface area contributed by atoms with Gasteiger partial charge in [-0.1, -0.05) is 12.1 Å². The van der Waals surface area contributed by atoms with Crippen LogP contribution in [0.4, 0.5) is 15.8 Å². The quantitative estimate of drug-likeness (QED) is 0.342. The first-order valence-corrected chi connectivity index (χ1v) is 12.3. The van der Waals surface area contributed by atoms with Crippen LogP contribution in [0, 0.1) is 5.82 Å². The van der Waals surface area contributed by atoms with Crippen LogP contribution in [0.3, 0.4) is 0 Å². The van der Waals surface area contributed by atoms with Gasteiger partial charge in [0.2, 0.25) is 5.43 Å². The third-order valence-corrected chi connectivity index (χ3v) is 6.77. The highest BCUT2D eigenvalue weighted by Crippen LogP contribution is 2.31. The molecule has 0 spiro atoms. The fourth-order valence-electron chi connectivity index (χ4n) is 4.76. The number of carboxylic acid groups (broad SMARTS) is 1. The predicted octanol–water partition coefficient (Wildman–Crippen LogP) is 3.94. The minimum atomic E-state index is -1.31. The van der Waals surface area contributed by atoms with Crippen LogP contribution in [0.15, 0.2) is 53.5 Å². The van der Waals surface area contributed by atoms with Crippen molar-refractivity contribution in [3.8, 4) is 0 Å². The van der Waals surface area contributed by atoms with Gasteiger partial charge < -0.3 is 25.6 Å². The number of carbonyl (C=O) groups is 1. The summed E-state index contributed by atoms with van der Waals surface area (Å²) in [5, 5.41) is 13.6. The normalized spacial score (nSPS) is 14.2. The van der Waals surface area contributed by atoms with Gasteiger partial charge in [-0.3, -0.25) is 4.79 Å². The Hall–Kier alpha value is -3.98. The Kier molecular flexibility index (Phi) is 6.11. The van der Waals surface area contributed by atoms with Crippen molar-refractivity contribution in [1.29, 1.82) is 0 Å². The van der Waals surface area contributed by atoms with Crippen molar-refractivity contribution in [2.75, 3.05) is 29.9 Å². The number of carboxylic acids is 1. The molecule has 192 valence electrons. The molecule has 9 heteroatoms. The van der Waals surface area contributed by atoms with E-state index in [1.54, 1.807) is 10.6 Å². The number of anilines is 2. The molecule has 1 aliphatic rings. The van der Waals surface area contributed by atoms with Crippen molar-refractivity contribution >= 4 is 39.3 Å². The number of aromatic nitrogens is 2. The highest BCUT2D eigenvalue weighted by molar-refractivity contribution is 5.97. The number of nitrogens with one attached hydrogen (secondary N) is 1. The lowest BCUT2D eigenvalue weighted by Crippen LogP contribution is -2.55. The number of fused-ring (bicyclic) bond motifs is 2. The average molecular weight is 504 g/mol. The smallest absolute Gasteiger partial charge is 0.341 e. The minimum Gasteiger partial charge on any atom is -0.477 e. The summed E-state index contributed by atoms with van der Waals surface area (Å²) in [6, 6.07) is 13.0. The first kappa shape index (κ1) is 24.7. The van der Waals surface area contributed by atoms with Crippen molar-refractivity contribution in [2.24, 2.45) is 5.73 Å². The van der Waals surface area contributed by atoms with Crippen LogP contribution in [0.1, 0.15) is 36.7 Å². The topological polar surface area (TPSA) is 113 Å². The number of pyridine rings is 2. The number of aromatic carboxylic acids is 1. The van der Waals surface area contributed by atoms with Crippen molar-refractivity contribution in [1.82, 2.24) is 9.55 Å². The fraction of sp³-hybridized carbons (Fsp3) is 0.321. The van der Waals surface area contributed by atoms with Crippen LogP contribution in [0.2, 0.25) is 0 Å². The van der Waals surface area contributed by atoms with Crippen molar-refractivity contribution < 1.29 is 14.3 Å². The molecule has 1 fully saturated rings. The summed E-state index contributed by atoms with van der Waals surface area (Å²) >= 11 is 0. The van der Waals surface area contributed by atoms with E-state index in [-0.39, 0.29) is 17.0 Å². The number of rotatable bonds is 6. The summed E-state index contributed by atoms with van der Waals surface area (Å²) in [6.45, 7) is 7.60. The molecule has 1 saturated heterocycles. The van der Waals surface area contributed by atoms with Gasteiger partial charge in [0, 0.05) is 35.9 Å². The zero-order chi connectivity index (χ0) is 26.5. The van der Waals surface area contributed by atoms with E-state index in [2.05, 4.69) is 17.4 Å². The van der Waals surface area contributed by atoms with Crippen LogP contribution < -0.4 is 21.4 Å². The monoisotopic (exact) mass is 503 g/mol. The lowest BCUT2D eigenvalue weighted by molar-refractivity contribution is 0.0694. The molecule has 2 aromatic carbocycles. The van der Waals surface area contributed by atoms with Gasteiger partial charge >= 0.3 is 5.97 Å². The maximum atomic E-state index is 15.2. The Bertz CT molecular complexity index is 1570. The molecule has 5 rings (SSSR count). The van der Waals surface area contributed by atoms with Gasteiger partial charge in [-0.05, 0) is 69.6 Å². The molecular weight excluding hydrogens is 473 g/mol. The Morgan fingerprint density at radius 2 is 1.89 bits per heavy atom. The maximum absolute atomic E-state index is 15.2. The number of hydrogen-bond donors (Lipinski definition) is 3. The van der Waals surface area contributed by atoms with Crippen LogP contribution in [0.5, 0.6) is 0 Å². The summed E-state index contributed by atoms with van der Waals surface area (Å²) in [7, 11) is 0. The molecule has 1 aliphatic heterocycles. The van der Waals surface area contributed by atoms with E-state index >= 15 is 4.39 Å². The molecule has 0 saturated carbocycles.